The van der Waals surface area contributed by atoms with Crippen molar-refractivity contribution in [2.24, 2.45) is 5.92 Å². The predicted octanol–water partition coefficient (Wildman–Crippen LogP) is 2.43. The Bertz CT molecular complexity index is 226. The maximum Gasteiger partial charge on any atom is 0.0717 e. The van der Waals surface area contributed by atoms with E-state index in [2.05, 4.69) is 18.6 Å². The van der Waals surface area contributed by atoms with Crippen LogP contribution in [0.1, 0.15) is 12.0 Å². The summed E-state index contributed by atoms with van der Waals surface area (Å²) in [5.74, 6) is 0.744. The van der Waals surface area contributed by atoms with Crippen molar-refractivity contribution in [3.63, 3.8) is 0 Å². The highest BCUT2D eigenvalue weighted by Gasteiger charge is 2.21. The molecule has 1 unspecified atom stereocenters. The normalized spacial score (nSPS) is 16.3. The van der Waals surface area contributed by atoms with Gasteiger partial charge in [-0.2, -0.15) is 0 Å². The van der Waals surface area contributed by atoms with Crippen LogP contribution in [0.4, 0.5) is 0 Å². The highest BCUT2D eigenvalue weighted by atomic mass is 16.5. The van der Waals surface area contributed by atoms with Crippen molar-refractivity contribution in [3.05, 3.63) is 42.3 Å². The lowest BCUT2D eigenvalue weighted by Crippen LogP contribution is -1.96. The molecule has 63 valence electrons. The van der Waals surface area contributed by atoms with Crippen molar-refractivity contribution in [3.8, 4) is 0 Å². The summed E-state index contributed by atoms with van der Waals surface area (Å²) in [5.41, 5.74) is 1.26. The first kappa shape index (κ1) is 7.81. The van der Waals surface area contributed by atoms with E-state index in [0.29, 0.717) is 0 Å². The van der Waals surface area contributed by atoms with Gasteiger partial charge in [0.1, 0.15) is 0 Å². The van der Waals surface area contributed by atoms with E-state index in [4.69, 9.17) is 4.74 Å². The van der Waals surface area contributed by atoms with Crippen molar-refractivity contribution < 1.29 is 4.74 Å². The molecule has 0 heterocycles. The molecule has 1 aromatic rings. The monoisotopic (exact) mass is 161 g/mol. The Morgan fingerprint density at radius 2 is 2.00 bits per heavy atom. The van der Waals surface area contributed by atoms with E-state index < -0.39 is 0 Å². The summed E-state index contributed by atoms with van der Waals surface area (Å²) in [4.78, 5) is 0. The molecule has 0 amide bonds. The summed E-state index contributed by atoms with van der Waals surface area (Å²) in [6.07, 6.45) is 3.53. The zero-order valence-electron chi connectivity index (χ0n) is 7.07. The van der Waals surface area contributed by atoms with E-state index in [1.165, 1.54) is 12.0 Å². The van der Waals surface area contributed by atoms with Crippen LogP contribution >= 0.6 is 0 Å². The lowest BCUT2D eigenvalue weighted by Gasteiger charge is -2.01. The second kappa shape index (κ2) is 3.72. The molecule has 1 heteroatoms. The van der Waals surface area contributed by atoms with Gasteiger partial charge in [0, 0.05) is 0 Å². The first-order chi connectivity index (χ1) is 5.95. The smallest absolute Gasteiger partial charge is 0.0717 e. The summed E-state index contributed by atoms with van der Waals surface area (Å²) in [6, 6.07) is 10.3. The Morgan fingerprint density at radius 1 is 1.25 bits per heavy atom. The fraction of sp³-hybridized carbons (Fsp3) is 0.364. The van der Waals surface area contributed by atoms with Gasteiger partial charge >= 0.3 is 0 Å². The minimum absolute atomic E-state index is 0.744. The first-order valence-corrected chi connectivity index (χ1v) is 4.40. The molecule has 1 nitrogen and oxygen atoms in total. The molecule has 1 aliphatic carbocycles. The molecule has 0 N–H and O–H groups in total. The Kier molecular flexibility index (Phi) is 2.42. The van der Waals surface area contributed by atoms with Gasteiger partial charge in [-0.1, -0.05) is 30.3 Å². The molecular weight excluding hydrogens is 148 g/mol. The molecule has 1 saturated carbocycles. The van der Waals surface area contributed by atoms with Crippen LogP contribution in [0, 0.1) is 12.3 Å². The molecule has 0 bridgehead atoms. The maximum absolute atomic E-state index is 5.51. The zero-order chi connectivity index (χ0) is 8.23. The maximum atomic E-state index is 5.51. The van der Waals surface area contributed by atoms with E-state index >= 15 is 0 Å². The highest BCUT2D eigenvalue weighted by Crippen LogP contribution is 2.27. The highest BCUT2D eigenvalue weighted by molar-refractivity contribution is 5.13. The van der Waals surface area contributed by atoms with Crippen molar-refractivity contribution in [1.29, 1.82) is 0 Å². The van der Waals surface area contributed by atoms with Crippen LogP contribution in [0.3, 0.4) is 0 Å². The van der Waals surface area contributed by atoms with Crippen LogP contribution in [0.25, 0.3) is 0 Å². The summed E-state index contributed by atoms with van der Waals surface area (Å²) in [6.45, 7) is 1.65. The SMILES string of the molecule is [CH]1CC1COCc1ccccc1. The summed E-state index contributed by atoms with van der Waals surface area (Å²) < 4.78 is 5.51. The lowest BCUT2D eigenvalue weighted by molar-refractivity contribution is 0.113. The van der Waals surface area contributed by atoms with Crippen LogP contribution < -0.4 is 0 Å². The van der Waals surface area contributed by atoms with E-state index in [1.54, 1.807) is 0 Å². The number of ether oxygens (including phenoxy) is 1. The van der Waals surface area contributed by atoms with Gasteiger partial charge in [-0.25, -0.2) is 0 Å². The van der Waals surface area contributed by atoms with Crippen molar-refractivity contribution >= 4 is 0 Å². The summed E-state index contributed by atoms with van der Waals surface area (Å²) in [7, 11) is 0. The minimum atomic E-state index is 0.744. The second-order valence-corrected chi connectivity index (χ2v) is 3.23. The molecule has 1 fully saturated rings. The molecule has 1 atom stereocenters. The number of hydrogen-bond acceptors (Lipinski definition) is 1. The Labute approximate surface area is 73.4 Å². The quantitative estimate of drug-likeness (QED) is 0.659. The molecule has 0 aliphatic heterocycles. The van der Waals surface area contributed by atoms with Crippen molar-refractivity contribution in [2.45, 2.75) is 13.0 Å². The van der Waals surface area contributed by atoms with Crippen LogP contribution in [0.2, 0.25) is 0 Å². The van der Waals surface area contributed by atoms with Gasteiger partial charge in [0.15, 0.2) is 0 Å². The molecular formula is C11H13O. The van der Waals surface area contributed by atoms with Crippen molar-refractivity contribution in [1.82, 2.24) is 0 Å². The largest absolute Gasteiger partial charge is 0.376 e. The molecule has 1 aromatic carbocycles. The van der Waals surface area contributed by atoms with Crippen LogP contribution in [0.5, 0.6) is 0 Å². The van der Waals surface area contributed by atoms with Gasteiger partial charge < -0.3 is 4.74 Å². The average Bonchev–Trinajstić information content (AvgIpc) is 2.90. The zero-order valence-corrected chi connectivity index (χ0v) is 7.07. The number of rotatable bonds is 4. The molecule has 0 saturated heterocycles. The standard InChI is InChI=1S/C11H13O/c1-2-4-10(5-3-1)8-12-9-11-6-7-11/h1-6,11H,7-9H2. The van der Waals surface area contributed by atoms with Crippen LogP contribution in [-0.2, 0) is 11.3 Å². The Balaban J connectivity index is 1.72. The van der Waals surface area contributed by atoms with Gasteiger partial charge in [0.2, 0.25) is 0 Å². The lowest BCUT2D eigenvalue weighted by atomic mass is 10.2. The van der Waals surface area contributed by atoms with E-state index in [0.717, 1.165) is 19.1 Å². The predicted molar refractivity (Wildman–Crippen MR) is 48.5 cm³/mol. The van der Waals surface area contributed by atoms with Gasteiger partial charge in [0.25, 0.3) is 0 Å². The molecule has 1 radical (unpaired) electrons. The molecule has 1 aliphatic rings. The van der Waals surface area contributed by atoms with E-state index in [1.807, 2.05) is 18.2 Å². The van der Waals surface area contributed by atoms with Gasteiger partial charge in [-0.3, -0.25) is 0 Å². The topological polar surface area (TPSA) is 9.23 Å². The fourth-order valence-electron chi connectivity index (χ4n) is 1.13. The molecule has 12 heavy (non-hydrogen) atoms. The number of benzene rings is 1. The van der Waals surface area contributed by atoms with Gasteiger partial charge in [-0.05, 0) is 24.3 Å². The fourth-order valence-corrected chi connectivity index (χ4v) is 1.13. The molecule has 2 rings (SSSR count). The second-order valence-electron chi connectivity index (χ2n) is 3.23. The van der Waals surface area contributed by atoms with Crippen LogP contribution in [0.15, 0.2) is 30.3 Å². The third-order valence-electron chi connectivity index (χ3n) is 2.01. The number of hydrogen-bond donors (Lipinski definition) is 0. The van der Waals surface area contributed by atoms with Crippen molar-refractivity contribution in [2.75, 3.05) is 6.61 Å². The van der Waals surface area contributed by atoms with Gasteiger partial charge in [-0.15, -0.1) is 0 Å². The third-order valence-corrected chi connectivity index (χ3v) is 2.01. The minimum Gasteiger partial charge on any atom is -0.376 e. The first-order valence-electron chi connectivity index (χ1n) is 4.40. The summed E-state index contributed by atoms with van der Waals surface area (Å²) in [5, 5.41) is 0. The van der Waals surface area contributed by atoms with E-state index in [9.17, 15) is 0 Å². The van der Waals surface area contributed by atoms with E-state index in [-0.39, 0.29) is 0 Å². The third kappa shape index (κ3) is 2.35. The van der Waals surface area contributed by atoms with Gasteiger partial charge in [0.05, 0.1) is 13.2 Å². The van der Waals surface area contributed by atoms with Crippen LogP contribution in [-0.4, -0.2) is 6.61 Å². The Morgan fingerprint density at radius 3 is 2.67 bits per heavy atom. The molecule has 0 spiro atoms. The summed E-state index contributed by atoms with van der Waals surface area (Å²) >= 11 is 0. The Hall–Kier alpha value is -0.820. The average molecular weight is 161 g/mol. The molecule has 0 aromatic heterocycles.